The second-order valence-corrected chi connectivity index (χ2v) is 5.39. The molecule has 2 unspecified atom stereocenters. The van der Waals surface area contributed by atoms with Gasteiger partial charge in [-0.25, -0.2) is 0 Å². The second kappa shape index (κ2) is 5.71. The Morgan fingerprint density at radius 1 is 1.61 bits per heavy atom. The van der Waals surface area contributed by atoms with Crippen LogP contribution in [-0.4, -0.2) is 24.7 Å². The summed E-state index contributed by atoms with van der Waals surface area (Å²) < 4.78 is 6.09. The van der Waals surface area contributed by atoms with Gasteiger partial charge in [0, 0.05) is 6.54 Å². The third-order valence-electron chi connectivity index (χ3n) is 3.19. The maximum atomic E-state index is 10.7. The number of nitrogens with one attached hydrogen (secondary N) is 1. The highest BCUT2D eigenvalue weighted by molar-refractivity contribution is 9.10. The maximum Gasteiger partial charge on any atom is 0.306 e. The molecule has 1 aliphatic rings. The number of ether oxygens (including phenoxy) is 1. The fourth-order valence-corrected chi connectivity index (χ4v) is 2.59. The predicted octanol–water partition coefficient (Wildman–Crippen LogP) is 2.27. The number of methoxy groups -OCH3 is 1. The summed E-state index contributed by atoms with van der Waals surface area (Å²) in [6.45, 7) is 1.51. The zero-order valence-corrected chi connectivity index (χ0v) is 11.7. The molecule has 0 spiro atoms. The van der Waals surface area contributed by atoms with Crippen LogP contribution in [0.2, 0.25) is 0 Å². The fourth-order valence-electron chi connectivity index (χ4n) is 2.00. The molecule has 0 saturated heterocycles. The van der Waals surface area contributed by atoms with Gasteiger partial charge < -0.3 is 15.2 Å². The van der Waals surface area contributed by atoms with E-state index in [0.717, 1.165) is 35.3 Å². The molecule has 1 saturated carbocycles. The van der Waals surface area contributed by atoms with Gasteiger partial charge in [0.25, 0.3) is 0 Å². The van der Waals surface area contributed by atoms with E-state index in [9.17, 15) is 4.79 Å². The number of carboxylic acids is 1. The first-order valence-electron chi connectivity index (χ1n) is 5.87. The highest BCUT2D eigenvalue weighted by Gasteiger charge is 2.42. The second-order valence-electron chi connectivity index (χ2n) is 4.54. The van der Waals surface area contributed by atoms with Crippen LogP contribution in [0.25, 0.3) is 0 Å². The van der Waals surface area contributed by atoms with Crippen LogP contribution in [-0.2, 0) is 11.3 Å². The molecule has 0 heterocycles. The first-order chi connectivity index (χ1) is 8.61. The minimum atomic E-state index is -0.672. The first kappa shape index (κ1) is 13.4. The highest BCUT2D eigenvalue weighted by Crippen LogP contribution is 2.37. The van der Waals surface area contributed by atoms with Gasteiger partial charge in [0.1, 0.15) is 5.75 Å². The van der Waals surface area contributed by atoms with Crippen molar-refractivity contribution >= 4 is 21.9 Å². The van der Waals surface area contributed by atoms with Crippen molar-refractivity contribution in [1.29, 1.82) is 0 Å². The summed E-state index contributed by atoms with van der Waals surface area (Å²) in [5.41, 5.74) is 1.15. The molecule has 2 atom stereocenters. The average molecular weight is 314 g/mol. The topological polar surface area (TPSA) is 58.6 Å². The standard InChI is InChI=1S/C13H16BrNO3/c1-18-12-3-2-8(4-11(12)14)6-15-7-9-5-10(9)13(16)17/h2-4,9-10,15H,5-7H2,1H3,(H,16,17). The molecule has 98 valence electrons. The number of rotatable bonds is 6. The largest absolute Gasteiger partial charge is 0.496 e. The smallest absolute Gasteiger partial charge is 0.306 e. The van der Waals surface area contributed by atoms with Gasteiger partial charge in [-0.15, -0.1) is 0 Å². The summed E-state index contributed by atoms with van der Waals surface area (Å²) in [6.07, 6.45) is 0.800. The summed E-state index contributed by atoms with van der Waals surface area (Å²) >= 11 is 3.44. The highest BCUT2D eigenvalue weighted by atomic mass is 79.9. The van der Waals surface area contributed by atoms with Gasteiger partial charge in [-0.1, -0.05) is 6.07 Å². The molecule has 0 bridgehead atoms. The van der Waals surface area contributed by atoms with Gasteiger partial charge in [0.15, 0.2) is 0 Å². The Bertz CT molecular complexity index is 450. The Morgan fingerprint density at radius 2 is 2.39 bits per heavy atom. The molecular weight excluding hydrogens is 298 g/mol. The summed E-state index contributed by atoms with van der Waals surface area (Å²) in [7, 11) is 1.64. The van der Waals surface area contributed by atoms with E-state index in [1.54, 1.807) is 7.11 Å². The number of halogens is 1. The normalized spacial score (nSPS) is 21.7. The van der Waals surface area contributed by atoms with E-state index in [0.29, 0.717) is 5.92 Å². The summed E-state index contributed by atoms with van der Waals surface area (Å²) in [5, 5.41) is 12.1. The lowest BCUT2D eigenvalue weighted by atomic mass is 10.2. The van der Waals surface area contributed by atoms with Gasteiger partial charge in [0.05, 0.1) is 17.5 Å². The van der Waals surface area contributed by atoms with Gasteiger partial charge in [-0.3, -0.25) is 4.79 Å². The lowest BCUT2D eigenvalue weighted by Crippen LogP contribution is -2.18. The quantitative estimate of drug-likeness (QED) is 0.846. The number of carboxylic acid groups (broad SMARTS) is 1. The molecule has 1 aromatic carbocycles. The van der Waals surface area contributed by atoms with Crippen molar-refractivity contribution in [2.75, 3.05) is 13.7 Å². The summed E-state index contributed by atoms with van der Waals surface area (Å²) in [5.74, 6) is 0.296. The van der Waals surface area contributed by atoms with Crippen LogP contribution in [0.4, 0.5) is 0 Å². The predicted molar refractivity (Wildman–Crippen MR) is 71.6 cm³/mol. The fraction of sp³-hybridized carbons (Fsp3) is 0.462. The van der Waals surface area contributed by atoms with E-state index >= 15 is 0 Å². The first-order valence-corrected chi connectivity index (χ1v) is 6.67. The van der Waals surface area contributed by atoms with Crippen LogP contribution in [0.1, 0.15) is 12.0 Å². The van der Waals surface area contributed by atoms with Crippen molar-refractivity contribution in [3.05, 3.63) is 28.2 Å². The van der Waals surface area contributed by atoms with Crippen LogP contribution in [0, 0.1) is 11.8 Å². The van der Waals surface area contributed by atoms with Crippen molar-refractivity contribution in [3.63, 3.8) is 0 Å². The molecule has 2 rings (SSSR count). The molecule has 1 aliphatic carbocycles. The number of carbonyl (C=O) groups is 1. The van der Waals surface area contributed by atoms with Crippen molar-refractivity contribution in [2.45, 2.75) is 13.0 Å². The van der Waals surface area contributed by atoms with Crippen LogP contribution in [0.3, 0.4) is 0 Å². The molecule has 0 radical (unpaired) electrons. The van der Waals surface area contributed by atoms with Crippen LogP contribution in [0.5, 0.6) is 5.75 Å². The Labute approximate surface area is 114 Å². The summed E-state index contributed by atoms with van der Waals surface area (Å²) in [6, 6.07) is 5.92. The molecule has 2 N–H and O–H groups in total. The minimum Gasteiger partial charge on any atom is -0.496 e. The average Bonchev–Trinajstić information content (AvgIpc) is 3.09. The van der Waals surface area contributed by atoms with E-state index < -0.39 is 5.97 Å². The number of aliphatic carboxylic acids is 1. The van der Waals surface area contributed by atoms with Crippen molar-refractivity contribution < 1.29 is 14.6 Å². The van der Waals surface area contributed by atoms with Crippen LogP contribution in [0.15, 0.2) is 22.7 Å². The molecule has 5 heteroatoms. The maximum absolute atomic E-state index is 10.7. The SMILES string of the molecule is COc1ccc(CNCC2CC2C(=O)O)cc1Br. The van der Waals surface area contributed by atoms with Gasteiger partial charge in [0.2, 0.25) is 0 Å². The molecule has 4 nitrogen and oxygen atoms in total. The van der Waals surface area contributed by atoms with E-state index in [4.69, 9.17) is 9.84 Å². The molecule has 0 aliphatic heterocycles. The van der Waals surface area contributed by atoms with Crippen LogP contribution >= 0.6 is 15.9 Å². The minimum absolute atomic E-state index is 0.139. The lowest BCUT2D eigenvalue weighted by molar-refractivity contribution is -0.138. The summed E-state index contributed by atoms with van der Waals surface area (Å²) in [4.78, 5) is 10.7. The van der Waals surface area contributed by atoms with E-state index in [2.05, 4.69) is 21.2 Å². The molecular formula is C13H16BrNO3. The Hall–Kier alpha value is -1.07. The molecule has 1 aromatic rings. The molecule has 0 aromatic heterocycles. The zero-order valence-electron chi connectivity index (χ0n) is 10.1. The lowest BCUT2D eigenvalue weighted by Gasteiger charge is -2.07. The van der Waals surface area contributed by atoms with E-state index in [-0.39, 0.29) is 5.92 Å². The monoisotopic (exact) mass is 313 g/mol. The van der Waals surface area contributed by atoms with Crippen molar-refractivity contribution in [2.24, 2.45) is 11.8 Å². The van der Waals surface area contributed by atoms with Gasteiger partial charge in [-0.05, 0) is 52.5 Å². The van der Waals surface area contributed by atoms with E-state index in [1.165, 1.54) is 0 Å². The van der Waals surface area contributed by atoms with Gasteiger partial charge in [-0.2, -0.15) is 0 Å². The Morgan fingerprint density at radius 3 is 2.94 bits per heavy atom. The molecule has 0 amide bonds. The Kier molecular flexibility index (Phi) is 4.24. The van der Waals surface area contributed by atoms with Crippen LogP contribution < -0.4 is 10.1 Å². The third kappa shape index (κ3) is 3.23. The molecule has 1 fully saturated rings. The van der Waals surface area contributed by atoms with Gasteiger partial charge >= 0.3 is 5.97 Å². The van der Waals surface area contributed by atoms with Crippen molar-refractivity contribution in [1.82, 2.24) is 5.32 Å². The Balaban J connectivity index is 1.77. The third-order valence-corrected chi connectivity index (χ3v) is 3.81. The number of benzene rings is 1. The molecule has 18 heavy (non-hydrogen) atoms. The number of hydrogen-bond donors (Lipinski definition) is 2. The number of hydrogen-bond acceptors (Lipinski definition) is 3. The van der Waals surface area contributed by atoms with E-state index in [1.807, 2.05) is 18.2 Å². The van der Waals surface area contributed by atoms with Crippen molar-refractivity contribution in [3.8, 4) is 5.75 Å². The zero-order chi connectivity index (χ0) is 13.1.